The summed E-state index contributed by atoms with van der Waals surface area (Å²) in [5.41, 5.74) is 5.86. The zero-order valence-corrected chi connectivity index (χ0v) is 8.77. The minimum absolute atomic E-state index is 0.199. The molecule has 1 aliphatic carbocycles. The third kappa shape index (κ3) is 2.56. The van der Waals surface area contributed by atoms with Gasteiger partial charge in [-0.15, -0.1) is 0 Å². The third-order valence-electron chi connectivity index (χ3n) is 2.34. The molecule has 0 aliphatic heterocycles. The van der Waals surface area contributed by atoms with Crippen LogP contribution >= 0.6 is 0 Å². The van der Waals surface area contributed by atoms with Crippen molar-refractivity contribution in [3.8, 4) is 0 Å². The zero-order valence-electron chi connectivity index (χ0n) is 7.95. The largest absolute Gasteiger partial charge is 0.327 e. The van der Waals surface area contributed by atoms with E-state index in [0.717, 1.165) is 25.0 Å². The second-order valence-corrected chi connectivity index (χ2v) is 5.77. The summed E-state index contributed by atoms with van der Waals surface area (Å²) >= 11 is 0. The topological polar surface area (TPSA) is 43.1 Å². The first kappa shape index (κ1) is 10.2. The fourth-order valence-electron chi connectivity index (χ4n) is 1.73. The lowest BCUT2D eigenvalue weighted by molar-refractivity contribution is 0.633. The van der Waals surface area contributed by atoms with Gasteiger partial charge in [0.2, 0.25) is 0 Å². The van der Waals surface area contributed by atoms with Gasteiger partial charge in [0.25, 0.3) is 0 Å². The molecule has 0 saturated heterocycles. The van der Waals surface area contributed by atoms with Crippen LogP contribution in [0.2, 0.25) is 0 Å². The predicted molar refractivity (Wildman–Crippen MR) is 53.5 cm³/mol. The number of rotatable bonds is 3. The van der Waals surface area contributed by atoms with E-state index in [0.29, 0.717) is 5.92 Å². The number of nitrogens with two attached hydrogens (primary N) is 1. The predicted octanol–water partition coefficient (Wildman–Crippen LogP) is 1.27. The molecular weight excluding hydrogens is 170 g/mol. The van der Waals surface area contributed by atoms with Gasteiger partial charge in [0.1, 0.15) is 0 Å². The van der Waals surface area contributed by atoms with Gasteiger partial charge in [0.05, 0.1) is 0 Å². The van der Waals surface area contributed by atoms with E-state index in [2.05, 4.69) is 13.8 Å². The highest BCUT2D eigenvalue weighted by Crippen LogP contribution is 2.23. The summed E-state index contributed by atoms with van der Waals surface area (Å²) in [7, 11) is -0.681. The fourth-order valence-corrected chi connectivity index (χ4v) is 3.59. The highest BCUT2D eigenvalue weighted by atomic mass is 32.2. The second kappa shape index (κ2) is 4.38. The lowest BCUT2D eigenvalue weighted by Gasteiger charge is -2.15. The molecule has 0 aromatic carbocycles. The van der Waals surface area contributed by atoms with E-state index in [1.807, 2.05) is 0 Å². The lowest BCUT2D eigenvalue weighted by Crippen LogP contribution is -2.34. The van der Waals surface area contributed by atoms with Crippen molar-refractivity contribution in [1.82, 2.24) is 0 Å². The SMILES string of the molecule is CC(C)CS(=O)C1CCCC1N. The van der Waals surface area contributed by atoms with E-state index in [-0.39, 0.29) is 11.3 Å². The molecule has 0 aromatic heterocycles. The van der Waals surface area contributed by atoms with Crippen molar-refractivity contribution in [2.24, 2.45) is 11.7 Å². The Bertz CT molecular complexity index is 170. The fraction of sp³-hybridized carbons (Fsp3) is 1.00. The van der Waals surface area contributed by atoms with Crippen molar-refractivity contribution in [2.75, 3.05) is 5.75 Å². The van der Waals surface area contributed by atoms with E-state index < -0.39 is 10.8 Å². The van der Waals surface area contributed by atoms with Gasteiger partial charge in [0.15, 0.2) is 0 Å². The monoisotopic (exact) mass is 189 g/mol. The van der Waals surface area contributed by atoms with Gasteiger partial charge < -0.3 is 5.73 Å². The van der Waals surface area contributed by atoms with Crippen LogP contribution in [0.1, 0.15) is 33.1 Å². The molecule has 1 aliphatic rings. The van der Waals surface area contributed by atoms with Crippen LogP contribution in [0.5, 0.6) is 0 Å². The minimum atomic E-state index is -0.681. The Hall–Kier alpha value is 0.110. The molecule has 0 aromatic rings. The Kier molecular flexibility index (Phi) is 3.72. The summed E-state index contributed by atoms with van der Waals surface area (Å²) in [5.74, 6) is 1.34. The molecule has 3 unspecified atom stereocenters. The summed E-state index contributed by atoms with van der Waals surface area (Å²) in [6.45, 7) is 4.22. The molecular formula is C9H19NOS. The van der Waals surface area contributed by atoms with E-state index in [9.17, 15) is 4.21 Å². The van der Waals surface area contributed by atoms with E-state index >= 15 is 0 Å². The van der Waals surface area contributed by atoms with Crippen LogP contribution in [-0.4, -0.2) is 21.3 Å². The van der Waals surface area contributed by atoms with Crippen LogP contribution in [0.3, 0.4) is 0 Å². The normalized spacial score (nSPS) is 32.7. The smallest absolute Gasteiger partial charge is 0.0499 e. The Morgan fingerprint density at radius 1 is 1.50 bits per heavy atom. The second-order valence-electron chi connectivity index (χ2n) is 4.07. The molecule has 2 nitrogen and oxygen atoms in total. The molecule has 12 heavy (non-hydrogen) atoms. The molecule has 0 heterocycles. The first-order chi connectivity index (χ1) is 5.61. The first-order valence-electron chi connectivity index (χ1n) is 4.74. The molecule has 1 fully saturated rings. The van der Waals surface area contributed by atoms with Gasteiger partial charge >= 0.3 is 0 Å². The molecule has 3 atom stereocenters. The number of hydrogen-bond acceptors (Lipinski definition) is 2. The van der Waals surface area contributed by atoms with Crippen LogP contribution in [0.4, 0.5) is 0 Å². The van der Waals surface area contributed by atoms with Crippen molar-refractivity contribution < 1.29 is 4.21 Å². The standard InChI is InChI=1S/C9H19NOS/c1-7(2)6-12(11)9-5-3-4-8(9)10/h7-9H,3-6,10H2,1-2H3. The highest BCUT2D eigenvalue weighted by Gasteiger charge is 2.28. The quantitative estimate of drug-likeness (QED) is 0.726. The molecule has 1 rings (SSSR count). The molecule has 72 valence electrons. The van der Waals surface area contributed by atoms with Gasteiger partial charge in [0, 0.05) is 27.8 Å². The van der Waals surface area contributed by atoms with Crippen molar-refractivity contribution >= 4 is 10.8 Å². The summed E-state index contributed by atoms with van der Waals surface area (Å²) in [4.78, 5) is 0. The Balaban J connectivity index is 2.41. The van der Waals surface area contributed by atoms with Crippen molar-refractivity contribution in [1.29, 1.82) is 0 Å². The highest BCUT2D eigenvalue weighted by molar-refractivity contribution is 7.85. The van der Waals surface area contributed by atoms with Crippen molar-refractivity contribution in [2.45, 2.75) is 44.4 Å². The van der Waals surface area contributed by atoms with Crippen molar-refractivity contribution in [3.05, 3.63) is 0 Å². The Labute approximate surface area is 77.4 Å². The van der Waals surface area contributed by atoms with E-state index in [1.165, 1.54) is 0 Å². The molecule has 0 radical (unpaired) electrons. The summed E-state index contributed by atoms with van der Waals surface area (Å²) < 4.78 is 11.7. The van der Waals surface area contributed by atoms with Gasteiger partial charge in [-0.05, 0) is 18.8 Å². The van der Waals surface area contributed by atoms with Crippen LogP contribution in [-0.2, 0) is 10.8 Å². The van der Waals surface area contributed by atoms with Gasteiger partial charge in [-0.2, -0.15) is 0 Å². The summed E-state index contributed by atoms with van der Waals surface area (Å²) in [6.07, 6.45) is 3.30. The molecule has 2 N–H and O–H groups in total. The molecule has 0 spiro atoms. The van der Waals surface area contributed by atoms with E-state index in [4.69, 9.17) is 5.73 Å². The van der Waals surface area contributed by atoms with Gasteiger partial charge in [-0.25, -0.2) is 0 Å². The third-order valence-corrected chi connectivity index (χ3v) is 4.59. The van der Waals surface area contributed by atoms with Crippen LogP contribution in [0, 0.1) is 5.92 Å². The lowest BCUT2D eigenvalue weighted by atomic mass is 10.3. The average molecular weight is 189 g/mol. The maximum absolute atomic E-state index is 11.7. The van der Waals surface area contributed by atoms with Crippen LogP contribution < -0.4 is 5.73 Å². The average Bonchev–Trinajstić information content (AvgIpc) is 2.33. The van der Waals surface area contributed by atoms with E-state index in [1.54, 1.807) is 0 Å². The maximum Gasteiger partial charge on any atom is 0.0499 e. The van der Waals surface area contributed by atoms with Crippen LogP contribution in [0.15, 0.2) is 0 Å². The molecule has 3 heteroatoms. The zero-order chi connectivity index (χ0) is 9.14. The Morgan fingerprint density at radius 3 is 2.58 bits per heavy atom. The van der Waals surface area contributed by atoms with Gasteiger partial charge in [-0.1, -0.05) is 20.3 Å². The Morgan fingerprint density at radius 2 is 2.17 bits per heavy atom. The minimum Gasteiger partial charge on any atom is -0.327 e. The van der Waals surface area contributed by atoms with Crippen LogP contribution in [0.25, 0.3) is 0 Å². The van der Waals surface area contributed by atoms with Gasteiger partial charge in [-0.3, -0.25) is 4.21 Å². The first-order valence-corrected chi connectivity index (χ1v) is 6.12. The molecule has 1 saturated carbocycles. The summed E-state index contributed by atoms with van der Waals surface area (Å²) in [6, 6.07) is 0.199. The van der Waals surface area contributed by atoms with Crippen molar-refractivity contribution in [3.63, 3.8) is 0 Å². The maximum atomic E-state index is 11.7. The number of hydrogen-bond donors (Lipinski definition) is 1. The molecule has 0 bridgehead atoms. The summed E-state index contributed by atoms with van der Waals surface area (Å²) in [5, 5.41) is 0.285. The molecule has 0 amide bonds.